The van der Waals surface area contributed by atoms with Crippen LogP contribution in [-0.2, 0) is 19.5 Å². The molecule has 102 valence electrons. The molecule has 0 amide bonds. The van der Waals surface area contributed by atoms with Crippen LogP contribution in [0.3, 0.4) is 0 Å². The summed E-state index contributed by atoms with van der Waals surface area (Å²) in [6, 6.07) is 10.7. The van der Waals surface area contributed by atoms with Gasteiger partial charge in [-0.25, -0.2) is 0 Å². The third kappa shape index (κ3) is 3.10. The molecule has 0 spiro atoms. The smallest absolute Gasteiger partial charge is 0.0555 e. The first-order chi connectivity index (χ1) is 9.85. The second kappa shape index (κ2) is 6.23. The van der Waals surface area contributed by atoms with Gasteiger partial charge in [-0.3, -0.25) is 4.90 Å². The number of fused-ring (bicyclic) bond motifs is 1. The van der Waals surface area contributed by atoms with Gasteiger partial charge in [-0.15, -0.1) is 11.3 Å². The van der Waals surface area contributed by atoms with Crippen molar-refractivity contribution >= 4 is 11.3 Å². The lowest BCUT2D eigenvalue weighted by molar-refractivity contribution is 0.247. The van der Waals surface area contributed by atoms with E-state index < -0.39 is 0 Å². The lowest BCUT2D eigenvalue weighted by atomic mass is 10.1. The van der Waals surface area contributed by atoms with Gasteiger partial charge in [-0.1, -0.05) is 24.0 Å². The van der Waals surface area contributed by atoms with E-state index in [1.54, 1.807) is 4.88 Å². The van der Waals surface area contributed by atoms with Crippen LogP contribution in [0.25, 0.3) is 0 Å². The molecule has 1 aromatic heterocycles. The van der Waals surface area contributed by atoms with Crippen LogP contribution in [0.5, 0.6) is 0 Å². The van der Waals surface area contributed by atoms with E-state index in [0.717, 1.165) is 25.2 Å². The molecule has 3 heteroatoms. The Morgan fingerprint density at radius 3 is 3.15 bits per heavy atom. The van der Waals surface area contributed by atoms with E-state index >= 15 is 0 Å². The topological polar surface area (TPSA) is 29.3 Å². The SMILES string of the molecule is NCC#Cc1cccc(CN2CCc3sccc3C2)c1. The van der Waals surface area contributed by atoms with Crippen molar-refractivity contribution in [3.63, 3.8) is 0 Å². The van der Waals surface area contributed by atoms with Gasteiger partial charge in [0.2, 0.25) is 0 Å². The standard InChI is InChI=1S/C17H18N2S/c18-8-2-5-14-3-1-4-15(11-14)12-19-9-6-17-16(13-19)7-10-20-17/h1,3-4,7,10-11H,6,8-9,12-13,18H2. The largest absolute Gasteiger partial charge is 0.320 e. The molecule has 1 aromatic carbocycles. The number of rotatable bonds is 2. The van der Waals surface area contributed by atoms with Crippen molar-refractivity contribution in [2.75, 3.05) is 13.1 Å². The summed E-state index contributed by atoms with van der Waals surface area (Å²) in [5.41, 5.74) is 9.30. The number of nitrogens with zero attached hydrogens (tertiary/aromatic N) is 1. The van der Waals surface area contributed by atoms with Gasteiger partial charge >= 0.3 is 0 Å². The summed E-state index contributed by atoms with van der Waals surface area (Å²) < 4.78 is 0. The fourth-order valence-corrected chi connectivity index (χ4v) is 3.49. The zero-order chi connectivity index (χ0) is 13.8. The predicted octanol–water partition coefficient (Wildman–Crippen LogP) is 2.62. The van der Waals surface area contributed by atoms with E-state index in [4.69, 9.17) is 5.73 Å². The monoisotopic (exact) mass is 282 g/mol. The van der Waals surface area contributed by atoms with Crippen LogP contribution in [0.1, 0.15) is 21.6 Å². The van der Waals surface area contributed by atoms with Crippen molar-refractivity contribution in [1.82, 2.24) is 4.90 Å². The highest BCUT2D eigenvalue weighted by Crippen LogP contribution is 2.25. The summed E-state index contributed by atoms with van der Waals surface area (Å²) in [7, 11) is 0. The summed E-state index contributed by atoms with van der Waals surface area (Å²) in [6.45, 7) is 3.62. The van der Waals surface area contributed by atoms with Gasteiger partial charge < -0.3 is 5.73 Å². The van der Waals surface area contributed by atoms with Crippen LogP contribution in [0.4, 0.5) is 0 Å². The van der Waals surface area contributed by atoms with Crippen LogP contribution >= 0.6 is 11.3 Å². The van der Waals surface area contributed by atoms with E-state index in [1.807, 2.05) is 17.4 Å². The fraction of sp³-hybridized carbons (Fsp3) is 0.294. The second-order valence-corrected chi connectivity index (χ2v) is 6.04. The quantitative estimate of drug-likeness (QED) is 0.858. The average Bonchev–Trinajstić information content (AvgIpc) is 2.93. The van der Waals surface area contributed by atoms with Gasteiger partial charge in [0.25, 0.3) is 0 Å². The van der Waals surface area contributed by atoms with Gasteiger partial charge in [0.15, 0.2) is 0 Å². The highest BCUT2D eigenvalue weighted by atomic mass is 32.1. The summed E-state index contributed by atoms with van der Waals surface area (Å²) in [5.74, 6) is 6.01. The van der Waals surface area contributed by atoms with Crippen LogP contribution in [0.15, 0.2) is 35.7 Å². The van der Waals surface area contributed by atoms with Crippen LogP contribution in [0.2, 0.25) is 0 Å². The maximum absolute atomic E-state index is 5.42. The fourth-order valence-electron chi connectivity index (χ4n) is 2.60. The zero-order valence-electron chi connectivity index (χ0n) is 11.4. The molecule has 0 saturated heterocycles. The van der Waals surface area contributed by atoms with Gasteiger partial charge in [0.1, 0.15) is 0 Å². The average molecular weight is 282 g/mol. The summed E-state index contributed by atoms with van der Waals surface area (Å²) in [5, 5.41) is 2.21. The minimum absolute atomic E-state index is 0.414. The molecule has 2 N–H and O–H groups in total. The molecular weight excluding hydrogens is 264 g/mol. The second-order valence-electron chi connectivity index (χ2n) is 5.04. The molecule has 0 atom stereocenters. The van der Waals surface area contributed by atoms with E-state index in [0.29, 0.717) is 6.54 Å². The van der Waals surface area contributed by atoms with Crippen LogP contribution in [0, 0.1) is 11.8 Å². The van der Waals surface area contributed by atoms with Crippen LogP contribution < -0.4 is 5.73 Å². The first-order valence-electron chi connectivity index (χ1n) is 6.90. The Kier molecular flexibility index (Phi) is 4.17. The van der Waals surface area contributed by atoms with Crippen molar-refractivity contribution in [3.8, 4) is 11.8 Å². The Morgan fingerprint density at radius 1 is 1.30 bits per heavy atom. The highest BCUT2D eigenvalue weighted by Gasteiger charge is 2.16. The van der Waals surface area contributed by atoms with Crippen molar-refractivity contribution in [2.24, 2.45) is 5.73 Å². The molecule has 0 aliphatic carbocycles. The summed E-state index contributed by atoms with van der Waals surface area (Å²) in [6.07, 6.45) is 1.18. The van der Waals surface area contributed by atoms with Crippen molar-refractivity contribution in [3.05, 3.63) is 57.3 Å². The molecule has 0 fully saturated rings. The molecule has 0 bridgehead atoms. The highest BCUT2D eigenvalue weighted by molar-refractivity contribution is 7.10. The molecule has 0 radical (unpaired) electrons. The lowest BCUT2D eigenvalue weighted by Gasteiger charge is -2.26. The van der Waals surface area contributed by atoms with Gasteiger partial charge in [-0.2, -0.15) is 0 Å². The molecule has 1 aliphatic heterocycles. The maximum Gasteiger partial charge on any atom is 0.0555 e. The van der Waals surface area contributed by atoms with E-state index in [9.17, 15) is 0 Å². The van der Waals surface area contributed by atoms with Crippen molar-refractivity contribution in [1.29, 1.82) is 0 Å². The van der Waals surface area contributed by atoms with E-state index in [-0.39, 0.29) is 0 Å². The number of hydrogen-bond acceptors (Lipinski definition) is 3. The molecule has 2 aromatic rings. The van der Waals surface area contributed by atoms with Crippen molar-refractivity contribution < 1.29 is 0 Å². The van der Waals surface area contributed by atoms with Crippen LogP contribution in [-0.4, -0.2) is 18.0 Å². The number of benzene rings is 1. The predicted molar refractivity (Wildman–Crippen MR) is 84.5 cm³/mol. The Labute approximate surface area is 124 Å². The van der Waals surface area contributed by atoms with Crippen molar-refractivity contribution in [2.45, 2.75) is 19.5 Å². The number of nitrogens with two attached hydrogens (primary N) is 1. The minimum Gasteiger partial charge on any atom is -0.320 e. The normalized spacial score (nSPS) is 14.4. The third-order valence-corrected chi connectivity index (χ3v) is 4.58. The molecule has 0 unspecified atom stereocenters. The Balaban J connectivity index is 1.69. The Bertz CT molecular complexity index is 648. The van der Waals surface area contributed by atoms with E-state index in [2.05, 4.69) is 46.4 Å². The minimum atomic E-state index is 0.414. The van der Waals surface area contributed by atoms with E-state index in [1.165, 1.54) is 17.5 Å². The Hall–Kier alpha value is -1.60. The molecule has 2 heterocycles. The molecule has 0 saturated carbocycles. The molecule has 3 rings (SSSR count). The van der Waals surface area contributed by atoms with Gasteiger partial charge in [0.05, 0.1) is 6.54 Å². The first-order valence-corrected chi connectivity index (χ1v) is 7.78. The maximum atomic E-state index is 5.42. The summed E-state index contributed by atoms with van der Waals surface area (Å²) in [4.78, 5) is 4.06. The Morgan fingerprint density at radius 2 is 2.25 bits per heavy atom. The molecule has 20 heavy (non-hydrogen) atoms. The number of hydrogen-bond donors (Lipinski definition) is 1. The lowest BCUT2D eigenvalue weighted by Crippen LogP contribution is -2.29. The molecule has 2 nitrogen and oxygen atoms in total. The first kappa shape index (κ1) is 13.4. The molecular formula is C17H18N2S. The zero-order valence-corrected chi connectivity index (χ0v) is 12.2. The molecule has 1 aliphatic rings. The van der Waals surface area contributed by atoms with Gasteiger partial charge in [0, 0.05) is 30.1 Å². The summed E-state index contributed by atoms with van der Waals surface area (Å²) >= 11 is 1.89. The van der Waals surface area contributed by atoms with Gasteiger partial charge in [-0.05, 0) is 41.1 Å². The number of thiophene rings is 1. The third-order valence-electron chi connectivity index (χ3n) is 3.55.